The van der Waals surface area contributed by atoms with Crippen molar-refractivity contribution >= 4 is 34.2 Å². The fourth-order valence-corrected chi connectivity index (χ4v) is 5.05. The Labute approximate surface area is 211 Å². The van der Waals surface area contributed by atoms with Crippen molar-refractivity contribution in [3.05, 3.63) is 59.0 Å². The number of para-hydroxylation sites is 4. The van der Waals surface area contributed by atoms with Crippen LogP contribution in [0.2, 0.25) is 0 Å². The third-order valence-corrected chi connectivity index (χ3v) is 7.00. The van der Waals surface area contributed by atoms with E-state index in [4.69, 9.17) is 5.73 Å². The number of aromatic nitrogens is 2. The summed E-state index contributed by atoms with van der Waals surface area (Å²) < 4.78 is 1.29. The number of nitrogen functional groups attached to an aromatic ring is 1. The number of anilines is 2. The zero-order chi connectivity index (χ0) is 25.7. The summed E-state index contributed by atoms with van der Waals surface area (Å²) in [6.45, 7) is 3.66. The second-order valence-electron chi connectivity index (χ2n) is 9.90. The van der Waals surface area contributed by atoms with E-state index in [1.54, 1.807) is 12.1 Å². The van der Waals surface area contributed by atoms with Crippen LogP contribution in [0.4, 0.5) is 11.4 Å². The van der Waals surface area contributed by atoms with Crippen LogP contribution < -0.4 is 16.7 Å². The maximum absolute atomic E-state index is 12.6. The minimum Gasteiger partial charge on any atom is -0.397 e. The molecule has 2 aliphatic heterocycles. The maximum atomic E-state index is 12.6. The molecule has 0 bridgehead atoms. The zero-order valence-corrected chi connectivity index (χ0v) is 21.1. The molecule has 2 aromatic carbocycles. The summed E-state index contributed by atoms with van der Waals surface area (Å²) in [5.41, 5.74) is 8.18. The van der Waals surface area contributed by atoms with E-state index in [0.29, 0.717) is 22.4 Å². The molecule has 2 aliphatic rings. The molecule has 0 saturated carbocycles. The normalized spacial score (nSPS) is 20.9. The summed E-state index contributed by atoms with van der Waals surface area (Å²) in [6.07, 6.45) is 3.90. The Morgan fingerprint density at radius 1 is 0.917 bits per heavy atom. The van der Waals surface area contributed by atoms with Gasteiger partial charge in [-0.3, -0.25) is 9.59 Å². The van der Waals surface area contributed by atoms with Gasteiger partial charge in [-0.05, 0) is 77.1 Å². The third-order valence-electron chi connectivity index (χ3n) is 7.00. The number of amides is 1. The first-order chi connectivity index (χ1) is 17.3. The van der Waals surface area contributed by atoms with Crippen molar-refractivity contribution in [3.8, 4) is 0 Å². The number of aromatic amines is 1. The van der Waals surface area contributed by atoms with Crippen LogP contribution in [0.3, 0.4) is 0 Å². The van der Waals surface area contributed by atoms with Crippen LogP contribution in [-0.4, -0.2) is 71.4 Å². The molecule has 0 spiro atoms. The summed E-state index contributed by atoms with van der Waals surface area (Å²) in [5, 5.41) is 2.91. The second-order valence-corrected chi connectivity index (χ2v) is 9.90. The number of likely N-dealkylation sites (tertiary alicyclic amines) is 2. The van der Waals surface area contributed by atoms with E-state index in [-0.39, 0.29) is 29.3 Å². The Bertz CT molecular complexity index is 1270. The highest BCUT2D eigenvalue weighted by molar-refractivity contribution is 5.95. The standard InChI is InChI=1S/C14H17N3O2.C13H19N3O/c1-16-8-4-5-10(9-16)13(18)17-12-7-3-2-6-11(12)15-14(17)19;1-16-8-4-5-10(9-16)13(17)15-12-7-3-2-6-11(12)14/h2-3,6-7,10H,4-5,8-9H2,1H3,(H,15,19);2-3,6-7,10H,4-5,8-9,14H2,1H3,(H,15,17)/t2*10-/m11/s1. The van der Waals surface area contributed by atoms with E-state index in [1.165, 1.54) is 4.57 Å². The molecule has 1 aromatic heterocycles. The van der Waals surface area contributed by atoms with Crippen molar-refractivity contribution in [1.29, 1.82) is 0 Å². The number of rotatable bonds is 3. The van der Waals surface area contributed by atoms with Gasteiger partial charge < -0.3 is 25.8 Å². The predicted octanol–water partition coefficient (Wildman–Crippen LogP) is 2.86. The third kappa shape index (κ3) is 6.03. The van der Waals surface area contributed by atoms with Gasteiger partial charge in [-0.25, -0.2) is 9.36 Å². The number of imidazole rings is 1. The number of fused-ring (bicyclic) bond motifs is 1. The molecule has 0 aliphatic carbocycles. The van der Waals surface area contributed by atoms with Gasteiger partial charge in [-0.15, -0.1) is 0 Å². The molecule has 5 rings (SSSR count). The molecule has 0 radical (unpaired) electrons. The molecule has 2 fully saturated rings. The first-order valence-corrected chi connectivity index (χ1v) is 12.6. The molecule has 36 heavy (non-hydrogen) atoms. The monoisotopic (exact) mass is 492 g/mol. The van der Waals surface area contributed by atoms with Crippen LogP contribution in [0.15, 0.2) is 53.3 Å². The van der Waals surface area contributed by atoms with E-state index in [0.717, 1.165) is 51.9 Å². The van der Waals surface area contributed by atoms with Crippen molar-refractivity contribution in [2.75, 3.05) is 51.3 Å². The van der Waals surface area contributed by atoms with Crippen molar-refractivity contribution in [1.82, 2.24) is 19.4 Å². The number of hydrogen-bond acceptors (Lipinski definition) is 6. The first kappa shape index (κ1) is 25.7. The molecule has 1 amide bonds. The average molecular weight is 493 g/mol. The number of piperidine rings is 2. The number of benzene rings is 2. The highest BCUT2D eigenvalue weighted by Gasteiger charge is 2.27. The number of nitrogens with two attached hydrogens (primary N) is 1. The van der Waals surface area contributed by atoms with Crippen molar-refractivity contribution in [3.63, 3.8) is 0 Å². The summed E-state index contributed by atoms with van der Waals surface area (Å²) in [6, 6.07) is 14.7. The van der Waals surface area contributed by atoms with Crippen molar-refractivity contribution in [2.45, 2.75) is 25.7 Å². The van der Waals surface area contributed by atoms with Crippen LogP contribution >= 0.6 is 0 Å². The van der Waals surface area contributed by atoms with E-state index in [2.05, 4.69) is 27.1 Å². The van der Waals surface area contributed by atoms with Crippen LogP contribution in [0, 0.1) is 11.8 Å². The Morgan fingerprint density at radius 2 is 1.53 bits per heavy atom. The second kappa shape index (κ2) is 11.5. The summed E-state index contributed by atoms with van der Waals surface area (Å²) >= 11 is 0. The highest BCUT2D eigenvalue weighted by atomic mass is 16.2. The SMILES string of the molecule is CN1CCC[C@@H](C(=O)Nc2ccccc2N)C1.CN1CCC[C@@H](C(=O)n2c(=O)[nH]c3ccccc32)C1. The van der Waals surface area contributed by atoms with Gasteiger partial charge in [0.15, 0.2) is 0 Å². The van der Waals surface area contributed by atoms with E-state index in [9.17, 15) is 14.4 Å². The number of hydrogen-bond donors (Lipinski definition) is 3. The van der Waals surface area contributed by atoms with E-state index < -0.39 is 0 Å². The average Bonchev–Trinajstić information content (AvgIpc) is 3.21. The number of H-pyrrole nitrogens is 1. The van der Waals surface area contributed by atoms with Gasteiger partial charge in [-0.2, -0.15) is 0 Å². The Kier molecular flexibility index (Phi) is 8.22. The van der Waals surface area contributed by atoms with Gasteiger partial charge in [0, 0.05) is 13.1 Å². The Morgan fingerprint density at radius 3 is 2.22 bits per heavy atom. The van der Waals surface area contributed by atoms with Crippen LogP contribution in [0.25, 0.3) is 11.0 Å². The molecule has 192 valence electrons. The zero-order valence-electron chi connectivity index (χ0n) is 21.1. The van der Waals surface area contributed by atoms with Gasteiger partial charge in [0.1, 0.15) is 0 Å². The summed E-state index contributed by atoms with van der Waals surface area (Å²) in [4.78, 5) is 43.7. The van der Waals surface area contributed by atoms with E-state index >= 15 is 0 Å². The lowest BCUT2D eigenvalue weighted by molar-refractivity contribution is -0.121. The van der Waals surface area contributed by atoms with Gasteiger partial charge in [0.2, 0.25) is 11.8 Å². The lowest BCUT2D eigenvalue weighted by Gasteiger charge is -2.28. The van der Waals surface area contributed by atoms with Crippen LogP contribution in [0.1, 0.15) is 30.5 Å². The van der Waals surface area contributed by atoms with Gasteiger partial charge in [0.25, 0.3) is 0 Å². The largest absolute Gasteiger partial charge is 0.397 e. The van der Waals surface area contributed by atoms with Crippen molar-refractivity contribution < 1.29 is 9.59 Å². The Hall–Kier alpha value is -3.43. The lowest BCUT2D eigenvalue weighted by Crippen LogP contribution is -2.40. The molecule has 2 atom stereocenters. The van der Waals surface area contributed by atoms with Gasteiger partial charge in [0.05, 0.1) is 34.2 Å². The van der Waals surface area contributed by atoms with Crippen LogP contribution in [0.5, 0.6) is 0 Å². The Balaban J connectivity index is 0.000000170. The molecular weight excluding hydrogens is 456 g/mol. The fraction of sp³-hybridized carbons (Fsp3) is 0.444. The molecule has 0 unspecified atom stereocenters. The van der Waals surface area contributed by atoms with Gasteiger partial charge in [-0.1, -0.05) is 24.3 Å². The predicted molar refractivity (Wildman–Crippen MR) is 143 cm³/mol. The lowest BCUT2D eigenvalue weighted by atomic mass is 9.97. The molecule has 4 N–H and O–H groups in total. The summed E-state index contributed by atoms with van der Waals surface area (Å²) in [7, 11) is 4.06. The molecule has 2 saturated heterocycles. The van der Waals surface area contributed by atoms with Gasteiger partial charge >= 0.3 is 5.69 Å². The molecule has 3 heterocycles. The number of carbonyl (C=O) groups is 2. The first-order valence-electron chi connectivity index (χ1n) is 12.6. The van der Waals surface area contributed by atoms with Crippen LogP contribution in [-0.2, 0) is 4.79 Å². The fourth-order valence-electron chi connectivity index (χ4n) is 5.05. The number of nitrogens with one attached hydrogen (secondary N) is 2. The summed E-state index contributed by atoms with van der Waals surface area (Å²) in [5.74, 6) is -0.0209. The minimum atomic E-state index is -0.334. The topological polar surface area (TPSA) is 116 Å². The van der Waals surface area contributed by atoms with E-state index in [1.807, 2.05) is 43.4 Å². The molecule has 9 heteroatoms. The van der Waals surface area contributed by atoms with Crippen molar-refractivity contribution in [2.24, 2.45) is 11.8 Å². The minimum absolute atomic E-state index is 0.0772. The quantitative estimate of drug-likeness (QED) is 0.484. The molecular formula is C27H36N6O3. The highest BCUT2D eigenvalue weighted by Crippen LogP contribution is 2.21. The maximum Gasteiger partial charge on any atom is 0.333 e. The molecule has 3 aromatic rings. The molecule has 9 nitrogen and oxygen atoms in total. The number of nitrogens with zero attached hydrogens (tertiary/aromatic N) is 3. The smallest absolute Gasteiger partial charge is 0.333 e. The number of carbonyl (C=O) groups excluding carboxylic acids is 2.